The van der Waals surface area contributed by atoms with Crippen molar-refractivity contribution in [2.45, 2.75) is 12.5 Å². The van der Waals surface area contributed by atoms with Gasteiger partial charge in [-0.25, -0.2) is 0 Å². The molecule has 0 aromatic heterocycles. The van der Waals surface area contributed by atoms with Crippen molar-refractivity contribution in [2.75, 3.05) is 11.9 Å². The zero-order chi connectivity index (χ0) is 14.8. The zero-order valence-electron chi connectivity index (χ0n) is 10.8. The van der Waals surface area contributed by atoms with Gasteiger partial charge < -0.3 is 10.4 Å². The summed E-state index contributed by atoms with van der Waals surface area (Å²) in [6.45, 7) is 1.76. The van der Waals surface area contributed by atoms with Crippen LogP contribution in [0.3, 0.4) is 0 Å². The summed E-state index contributed by atoms with van der Waals surface area (Å²) in [6.07, 6.45) is 0. The van der Waals surface area contributed by atoms with E-state index in [1.807, 2.05) is 43.3 Å². The van der Waals surface area contributed by atoms with E-state index < -0.39 is 5.54 Å². The van der Waals surface area contributed by atoms with Gasteiger partial charge in [0.05, 0.1) is 22.2 Å². The highest BCUT2D eigenvalue weighted by Crippen LogP contribution is 2.36. The van der Waals surface area contributed by atoms with Gasteiger partial charge in [-0.3, -0.25) is 0 Å². The fourth-order valence-corrected chi connectivity index (χ4v) is 2.87. The van der Waals surface area contributed by atoms with Crippen molar-refractivity contribution in [3.05, 3.63) is 62.5 Å². The molecule has 0 amide bonds. The highest BCUT2D eigenvalue weighted by molar-refractivity contribution is 9.10. The van der Waals surface area contributed by atoms with Crippen LogP contribution in [0, 0.1) is 0 Å². The molecule has 0 fully saturated rings. The molecule has 0 spiro atoms. The van der Waals surface area contributed by atoms with E-state index in [9.17, 15) is 5.11 Å². The molecule has 0 aliphatic carbocycles. The number of halogens is 3. The monoisotopic (exact) mass is 373 g/mol. The lowest BCUT2D eigenvalue weighted by atomic mass is 9.92. The molecule has 0 radical (unpaired) electrons. The van der Waals surface area contributed by atoms with Gasteiger partial charge in [-0.2, -0.15) is 0 Å². The van der Waals surface area contributed by atoms with Crippen molar-refractivity contribution in [3.8, 4) is 0 Å². The van der Waals surface area contributed by atoms with Crippen molar-refractivity contribution >= 4 is 44.8 Å². The summed E-state index contributed by atoms with van der Waals surface area (Å²) in [4.78, 5) is 0. The number of anilines is 1. The first-order valence-electron chi connectivity index (χ1n) is 6.06. The minimum Gasteiger partial charge on any atom is -0.394 e. The van der Waals surface area contributed by atoms with E-state index in [2.05, 4.69) is 21.2 Å². The molecule has 0 aliphatic rings. The molecule has 2 N–H and O–H groups in total. The average molecular weight is 375 g/mol. The zero-order valence-corrected chi connectivity index (χ0v) is 13.9. The van der Waals surface area contributed by atoms with Gasteiger partial charge in [0.25, 0.3) is 0 Å². The summed E-state index contributed by atoms with van der Waals surface area (Å²) in [5.41, 5.74) is 0.899. The number of benzene rings is 2. The number of aliphatic hydroxyl groups excluding tert-OH is 1. The predicted octanol–water partition coefficient (Wildman–Crippen LogP) is 5.08. The number of aliphatic hydroxyl groups is 1. The number of para-hydroxylation sites is 1. The molecule has 20 heavy (non-hydrogen) atoms. The van der Waals surface area contributed by atoms with E-state index in [-0.39, 0.29) is 6.61 Å². The van der Waals surface area contributed by atoms with Crippen LogP contribution in [0.1, 0.15) is 12.5 Å². The Bertz CT molecular complexity index is 621. The highest BCUT2D eigenvalue weighted by atomic mass is 79.9. The van der Waals surface area contributed by atoms with E-state index in [1.54, 1.807) is 6.07 Å². The van der Waals surface area contributed by atoms with Crippen LogP contribution in [0.15, 0.2) is 46.9 Å². The molecule has 5 heteroatoms. The summed E-state index contributed by atoms with van der Waals surface area (Å²) in [7, 11) is 0. The van der Waals surface area contributed by atoms with E-state index in [4.69, 9.17) is 23.2 Å². The topological polar surface area (TPSA) is 32.3 Å². The third kappa shape index (κ3) is 3.12. The van der Waals surface area contributed by atoms with Crippen molar-refractivity contribution in [3.63, 3.8) is 0 Å². The van der Waals surface area contributed by atoms with Crippen LogP contribution in [0.5, 0.6) is 0 Å². The van der Waals surface area contributed by atoms with Crippen LogP contribution in [-0.4, -0.2) is 11.7 Å². The summed E-state index contributed by atoms with van der Waals surface area (Å²) in [5, 5.41) is 14.1. The minimum absolute atomic E-state index is 0.117. The van der Waals surface area contributed by atoms with Crippen molar-refractivity contribution in [1.29, 1.82) is 0 Å². The van der Waals surface area contributed by atoms with Crippen LogP contribution in [0.25, 0.3) is 0 Å². The number of nitrogens with one attached hydrogen (secondary N) is 1. The summed E-state index contributed by atoms with van der Waals surface area (Å²) in [6, 6.07) is 13.1. The Labute approximate surface area is 136 Å². The van der Waals surface area contributed by atoms with Crippen LogP contribution in [0.2, 0.25) is 10.0 Å². The van der Waals surface area contributed by atoms with Gasteiger partial charge in [-0.15, -0.1) is 0 Å². The Morgan fingerprint density at radius 2 is 1.85 bits per heavy atom. The van der Waals surface area contributed by atoms with Gasteiger partial charge in [-0.05, 0) is 46.6 Å². The molecule has 2 rings (SSSR count). The smallest absolute Gasteiger partial charge is 0.0843 e. The average Bonchev–Trinajstić information content (AvgIpc) is 2.44. The first-order valence-corrected chi connectivity index (χ1v) is 7.61. The van der Waals surface area contributed by atoms with E-state index in [1.165, 1.54) is 0 Å². The van der Waals surface area contributed by atoms with Crippen LogP contribution < -0.4 is 5.32 Å². The summed E-state index contributed by atoms with van der Waals surface area (Å²) < 4.78 is 0.915. The summed E-state index contributed by atoms with van der Waals surface area (Å²) in [5.74, 6) is 0. The third-order valence-corrected chi connectivity index (χ3v) is 4.66. The van der Waals surface area contributed by atoms with Crippen molar-refractivity contribution in [2.24, 2.45) is 0 Å². The maximum atomic E-state index is 9.83. The van der Waals surface area contributed by atoms with Gasteiger partial charge in [0.2, 0.25) is 0 Å². The fraction of sp³-hybridized carbons (Fsp3) is 0.200. The molecule has 0 saturated carbocycles. The first-order chi connectivity index (χ1) is 9.48. The van der Waals surface area contributed by atoms with Gasteiger partial charge in [-0.1, -0.05) is 47.5 Å². The normalized spacial score (nSPS) is 13.8. The maximum Gasteiger partial charge on any atom is 0.0843 e. The van der Waals surface area contributed by atoms with Crippen LogP contribution in [0.4, 0.5) is 5.69 Å². The molecule has 0 aliphatic heterocycles. The Hall–Kier alpha value is -0.740. The second-order valence-corrected chi connectivity index (χ2v) is 6.34. The molecule has 2 aromatic rings. The molecule has 0 bridgehead atoms. The number of hydrogen-bond donors (Lipinski definition) is 2. The summed E-state index contributed by atoms with van der Waals surface area (Å²) >= 11 is 15.8. The maximum absolute atomic E-state index is 9.83. The Morgan fingerprint density at radius 3 is 2.50 bits per heavy atom. The quantitative estimate of drug-likeness (QED) is 0.782. The Balaban J connectivity index is 2.44. The van der Waals surface area contributed by atoms with E-state index in [0.717, 1.165) is 15.7 Å². The van der Waals surface area contributed by atoms with Crippen molar-refractivity contribution in [1.82, 2.24) is 0 Å². The SMILES string of the molecule is CC(CO)(Nc1ccccc1Br)c1cccc(Cl)c1Cl. The molecule has 0 saturated heterocycles. The van der Waals surface area contributed by atoms with Gasteiger partial charge >= 0.3 is 0 Å². The second-order valence-electron chi connectivity index (χ2n) is 4.70. The molecule has 0 heterocycles. The van der Waals surface area contributed by atoms with Gasteiger partial charge in [0.1, 0.15) is 0 Å². The standard InChI is InChI=1S/C15H14BrCl2NO/c1-15(9-20,10-5-4-7-12(17)14(10)18)19-13-8-3-2-6-11(13)16/h2-8,19-20H,9H2,1H3. The predicted molar refractivity (Wildman–Crippen MR) is 88.7 cm³/mol. The van der Waals surface area contributed by atoms with E-state index in [0.29, 0.717) is 10.0 Å². The molecular weight excluding hydrogens is 361 g/mol. The largest absolute Gasteiger partial charge is 0.394 e. The lowest BCUT2D eigenvalue weighted by molar-refractivity contribution is 0.224. The lowest BCUT2D eigenvalue weighted by Crippen LogP contribution is -2.36. The number of rotatable bonds is 4. The number of hydrogen-bond acceptors (Lipinski definition) is 2. The lowest BCUT2D eigenvalue weighted by Gasteiger charge is -2.32. The van der Waals surface area contributed by atoms with Crippen LogP contribution >= 0.6 is 39.1 Å². The molecule has 2 nitrogen and oxygen atoms in total. The highest BCUT2D eigenvalue weighted by Gasteiger charge is 2.29. The third-order valence-electron chi connectivity index (χ3n) is 3.15. The van der Waals surface area contributed by atoms with Gasteiger partial charge in [0, 0.05) is 10.2 Å². The Kier molecular flexibility index (Phi) is 4.97. The molecule has 1 atom stereocenters. The molecule has 106 valence electrons. The Morgan fingerprint density at radius 1 is 1.15 bits per heavy atom. The first kappa shape index (κ1) is 15.6. The minimum atomic E-state index is -0.730. The molecular formula is C15H14BrCl2NO. The van der Waals surface area contributed by atoms with E-state index >= 15 is 0 Å². The second kappa shape index (κ2) is 6.35. The van der Waals surface area contributed by atoms with Gasteiger partial charge in [0.15, 0.2) is 0 Å². The molecule has 1 unspecified atom stereocenters. The van der Waals surface area contributed by atoms with Crippen molar-refractivity contribution < 1.29 is 5.11 Å². The van der Waals surface area contributed by atoms with Crippen LogP contribution in [-0.2, 0) is 5.54 Å². The molecule has 2 aromatic carbocycles. The fourth-order valence-electron chi connectivity index (χ4n) is 1.98.